The standard InChI is InChI=1S/C11H26N2O2/c1-5-12-11(10-15-4)9-13(6-2)7-8-14-3/h11-12H,5-10H2,1-4H3. The van der Waals surface area contributed by atoms with Gasteiger partial charge < -0.3 is 14.8 Å². The second-order valence-corrected chi connectivity index (χ2v) is 3.60. The summed E-state index contributed by atoms with van der Waals surface area (Å²) in [6.45, 7) is 9.88. The van der Waals surface area contributed by atoms with Crippen LogP contribution in [0, 0.1) is 0 Å². The summed E-state index contributed by atoms with van der Waals surface area (Å²) in [5, 5.41) is 3.42. The van der Waals surface area contributed by atoms with Gasteiger partial charge in [-0.15, -0.1) is 0 Å². The summed E-state index contributed by atoms with van der Waals surface area (Å²) in [7, 11) is 3.49. The molecule has 0 aromatic rings. The van der Waals surface area contributed by atoms with Crippen LogP contribution in [-0.2, 0) is 9.47 Å². The van der Waals surface area contributed by atoms with Gasteiger partial charge in [-0.25, -0.2) is 0 Å². The summed E-state index contributed by atoms with van der Waals surface area (Å²) in [5.41, 5.74) is 0. The quantitative estimate of drug-likeness (QED) is 0.581. The van der Waals surface area contributed by atoms with Gasteiger partial charge in [-0.1, -0.05) is 13.8 Å². The molecule has 0 aliphatic heterocycles. The maximum Gasteiger partial charge on any atom is 0.0628 e. The lowest BCUT2D eigenvalue weighted by molar-refractivity contribution is 0.116. The molecule has 0 saturated carbocycles. The smallest absolute Gasteiger partial charge is 0.0628 e. The van der Waals surface area contributed by atoms with Crippen LogP contribution < -0.4 is 5.32 Å². The molecule has 1 N–H and O–H groups in total. The first-order valence-corrected chi connectivity index (χ1v) is 5.72. The predicted octanol–water partition coefficient (Wildman–Crippen LogP) is 0.579. The van der Waals surface area contributed by atoms with Crippen LogP contribution in [0.4, 0.5) is 0 Å². The molecule has 0 aromatic carbocycles. The van der Waals surface area contributed by atoms with Crippen molar-refractivity contribution in [3.8, 4) is 0 Å². The lowest BCUT2D eigenvalue weighted by Gasteiger charge is -2.26. The van der Waals surface area contributed by atoms with Crippen LogP contribution in [0.3, 0.4) is 0 Å². The number of ether oxygens (including phenoxy) is 2. The van der Waals surface area contributed by atoms with Gasteiger partial charge >= 0.3 is 0 Å². The lowest BCUT2D eigenvalue weighted by Crippen LogP contribution is -2.44. The minimum Gasteiger partial charge on any atom is -0.383 e. The van der Waals surface area contributed by atoms with E-state index in [1.807, 2.05) is 0 Å². The van der Waals surface area contributed by atoms with E-state index in [0.29, 0.717) is 6.04 Å². The second-order valence-electron chi connectivity index (χ2n) is 3.60. The molecule has 0 saturated heterocycles. The molecule has 0 aliphatic rings. The average molecular weight is 218 g/mol. The van der Waals surface area contributed by atoms with Gasteiger partial charge in [-0.05, 0) is 13.1 Å². The fourth-order valence-electron chi connectivity index (χ4n) is 1.58. The Balaban J connectivity index is 3.85. The second kappa shape index (κ2) is 10.4. The van der Waals surface area contributed by atoms with Crippen LogP contribution in [0.25, 0.3) is 0 Å². The van der Waals surface area contributed by atoms with E-state index < -0.39 is 0 Å². The van der Waals surface area contributed by atoms with Crippen LogP contribution in [0.1, 0.15) is 13.8 Å². The number of methoxy groups -OCH3 is 2. The molecule has 0 fully saturated rings. The highest BCUT2D eigenvalue weighted by molar-refractivity contribution is 4.70. The normalized spacial score (nSPS) is 13.4. The van der Waals surface area contributed by atoms with Gasteiger partial charge in [0.15, 0.2) is 0 Å². The average Bonchev–Trinajstić information content (AvgIpc) is 2.24. The molecular formula is C11H26N2O2. The number of hydrogen-bond donors (Lipinski definition) is 1. The Morgan fingerprint density at radius 1 is 1.20 bits per heavy atom. The van der Waals surface area contributed by atoms with Gasteiger partial charge in [-0.3, -0.25) is 4.90 Å². The van der Waals surface area contributed by atoms with Gasteiger partial charge in [0.1, 0.15) is 0 Å². The van der Waals surface area contributed by atoms with Crippen molar-refractivity contribution in [3.05, 3.63) is 0 Å². The van der Waals surface area contributed by atoms with E-state index in [4.69, 9.17) is 9.47 Å². The third-order valence-electron chi connectivity index (χ3n) is 2.40. The van der Waals surface area contributed by atoms with E-state index >= 15 is 0 Å². The van der Waals surface area contributed by atoms with Gasteiger partial charge in [-0.2, -0.15) is 0 Å². The summed E-state index contributed by atoms with van der Waals surface area (Å²) in [6.07, 6.45) is 0. The first-order chi connectivity index (χ1) is 7.28. The van der Waals surface area contributed by atoms with Crippen molar-refractivity contribution in [3.63, 3.8) is 0 Å². The number of nitrogens with zero attached hydrogens (tertiary/aromatic N) is 1. The van der Waals surface area contributed by atoms with E-state index in [-0.39, 0.29) is 0 Å². The Kier molecular flexibility index (Phi) is 10.3. The molecule has 0 rings (SSSR count). The monoisotopic (exact) mass is 218 g/mol. The molecule has 92 valence electrons. The summed E-state index contributed by atoms with van der Waals surface area (Å²) in [6, 6.07) is 0.414. The Morgan fingerprint density at radius 3 is 2.40 bits per heavy atom. The molecule has 1 unspecified atom stereocenters. The third kappa shape index (κ3) is 7.73. The highest BCUT2D eigenvalue weighted by Crippen LogP contribution is 1.94. The van der Waals surface area contributed by atoms with Crippen molar-refractivity contribution in [2.45, 2.75) is 19.9 Å². The number of likely N-dealkylation sites (N-methyl/N-ethyl adjacent to an activating group) is 2. The Hall–Kier alpha value is -0.160. The maximum atomic E-state index is 5.19. The van der Waals surface area contributed by atoms with Crippen molar-refractivity contribution < 1.29 is 9.47 Å². The van der Waals surface area contributed by atoms with Crippen molar-refractivity contribution in [2.75, 3.05) is 53.6 Å². The summed E-state index contributed by atoms with van der Waals surface area (Å²) >= 11 is 0. The first kappa shape index (κ1) is 14.8. The van der Waals surface area contributed by atoms with E-state index in [2.05, 4.69) is 24.1 Å². The summed E-state index contributed by atoms with van der Waals surface area (Å²) in [4.78, 5) is 2.37. The van der Waals surface area contributed by atoms with Crippen molar-refractivity contribution in [2.24, 2.45) is 0 Å². The molecule has 4 nitrogen and oxygen atoms in total. The first-order valence-electron chi connectivity index (χ1n) is 5.72. The van der Waals surface area contributed by atoms with Crippen LogP contribution in [-0.4, -0.2) is 64.6 Å². The Bertz CT molecular complexity index is 128. The number of nitrogens with one attached hydrogen (secondary N) is 1. The molecule has 0 aliphatic carbocycles. The number of hydrogen-bond acceptors (Lipinski definition) is 4. The molecular weight excluding hydrogens is 192 g/mol. The third-order valence-corrected chi connectivity index (χ3v) is 2.40. The minimum absolute atomic E-state index is 0.414. The minimum atomic E-state index is 0.414. The molecule has 4 heteroatoms. The largest absolute Gasteiger partial charge is 0.383 e. The molecule has 0 heterocycles. The highest BCUT2D eigenvalue weighted by atomic mass is 16.5. The van der Waals surface area contributed by atoms with E-state index in [9.17, 15) is 0 Å². The zero-order valence-corrected chi connectivity index (χ0v) is 10.6. The summed E-state index contributed by atoms with van der Waals surface area (Å²) < 4.78 is 10.3. The fourth-order valence-corrected chi connectivity index (χ4v) is 1.58. The molecule has 0 bridgehead atoms. The van der Waals surface area contributed by atoms with Crippen molar-refractivity contribution >= 4 is 0 Å². The molecule has 15 heavy (non-hydrogen) atoms. The highest BCUT2D eigenvalue weighted by Gasteiger charge is 2.11. The molecule has 1 atom stereocenters. The van der Waals surface area contributed by atoms with Crippen molar-refractivity contribution in [1.29, 1.82) is 0 Å². The predicted molar refractivity (Wildman–Crippen MR) is 63.3 cm³/mol. The van der Waals surface area contributed by atoms with E-state index in [0.717, 1.165) is 39.4 Å². The lowest BCUT2D eigenvalue weighted by atomic mass is 10.2. The van der Waals surface area contributed by atoms with Gasteiger partial charge in [0.25, 0.3) is 0 Å². The van der Waals surface area contributed by atoms with Gasteiger partial charge in [0, 0.05) is 33.4 Å². The molecule has 0 radical (unpaired) electrons. The zero-order valence-electron chi connectivity index (χ0n) is 10.6. The maximum absolute atomic E-state index is 5.19. The number of rotatable bonds is 10. The van der Waals surface area contributed by atoms with Crippen LogP contribution >= 0.6 is 0 Å². The SMILES string of the molecule is CCNC(COC)CN(CC)CCOC. The van der Waals surface area contributed by atoms with Gasteiger partial charge in [0.05, 0.1) is 13.2 Å². The Labute approximate surface area is 93.9 Å². The Morgan fingerprint density at radius 2 is 1.93 bits per heavy atom. The van der Waals surface area contributed by atoms with E-state index in [1.165, 1.54) is 0 Å². The fraction of sp³-hybridized carbons (Fsp3) is 1.00. The summed E-state index contributed by atoms with van der Waals surface area (Å²) in [5.74, 6) is 0. The molecule has 0 spiro atoms. The van der Waals surface area contributed by atoms with Gasteiger partial charge in [0.2, 0.25) is 0 Å². The molecule has 0 aromatic heterocycles. The van der Waals surface area contributed by atoms with E-state index in [1.54, 1.807) is 14.2 Å². The topological polar surface area (TPSA) is 33.7 Å². The van der Waals surface area contributed by atoms with Crippen LogP contribution in [0.15, 0.2) is 0 Å². The van der Waals surface area contributed by atoms with Crippen LogP contribution in [0.5, 0.6) is 0 Å². The van der Waals surface area contributed by atoms with Crippen molar-refractivity contribution in [1.82, 2.24) is 10.2 Å². The zero-order chi connectivity index (χ0) is 11.5. The molecule has 0 amide bonds. The van der Waals surface area contributed by atoms with Crippen LogP contribution in [0.2, 0.25) is 0 Å².